The molecule has 0 aliphatic carbocycles. The van der Waals surface area contributed by atoms with E-state index < -0.39 is 0 Å². The van der Waals surface area contributed by atoms with Gasteiger partial charge < -0.3 is 4.74 Å². The maximum Gasteiger partial charge on any atom is 0.128 e. The van der Waals surface area contributed by atoms with Crippen molar-refractivity contribution in [2.45, 2.75) is 13.8 Å². The van der Waals surface area contributed by atoms with E-state index in [9.17, 15) is 0 Å². The molecule has 0 aliphatic heterocycles. The van der Waals surface area contributed by atoms with Crippen LogP contribution in [0.3, 0.4) is 0 Å². The highest BCUT2D eigenvalue weighted by molar-refractivity contribution is 7.20. The zero-order valence-electron chi connectivity index (χ0n) is 20.8. The Morgan fingerprint density at radius 1 is 0.486 bits per heavy atom. The van der Waals surface area contributed by atoms with Gasteiger partial charge in [-0.25, -0.2) is 0 Å². The average Bonchev–Trinajstić information content (AvgIpc) is 3.51. The lowest BCUT2D eigenvalue weighted by Gasteiger charge is -2.05. The summed E-state index contributed by atoms with van der Waals surface area (Å²) in [6.45, 7) is 4.22. The van der Waals surface area contributed by atoms with Gasteiger partial charge in [0.1, 0.15) is 11.5 Å². The van der Waals surface area contributed by atoms with E-state index in [4.69, 9.17) is 4.74 Å². The van der Waals surface area contributed by atoms with Crippen LogP contribution in [0.25, 0.3) is 44.5 Å². The first-order valence-electron chi connectivity index (χ1n) is 12.3. The number of aryl methyl sites for hydroxylation is 2. The summed E-state index contributed by atoms with van der Waals surface area (Å²) in [7, 11) is 0. The van der Waals surface area contributed by atoms with Gasteiger partial charge in [0, 0.05) is 19.2 Å². The number of rotatable bonds is 6. The van der Waals surface area contributed by atoms with Crippen LogP contribution in [0.2, 0.25) is 0 Å². The minimum atomic E-state index is 0.860. The smallest absolute Gasteiger partial charge is 0.128 e. The van der Waals surface area contributed by atoms with Gasteiger partial charge >= 0.3 is 0 Å². The number of hydrogen-bond acceptors (Lipinski definition) is 3. The van der Waals surface area contributed by atoms with Crippen molar-refractivity contribution in [1.29, 1.82) is 0 Å². The van der Waals surface area contributed by atoms with Gasteiger partial charge in [0.15, 0.2) is 0 Å². The molecule has 180 valence electrons. The summed E-state index contributed by atoms with van der Waals surface area (Å²) in [6.07, 6.45) is 8.71. The SMILES string of the molecule is Cc1ccc(C=Cc2cc3ccc(Oc4ccc5cc(C=Cc6ccc(C)cc6)sc5c4)cc3s2)cc1. The van der Waals surface area contributed by atoms with Crippen molar-refractivity contribution < 1.29 is 4.74 Å². The quantitative estimate of drug-likeness (QED) is 0.215. The molecule has 0 saturated carbocycles. The Bertz CT molecular complexity index is 1610. The summed E-state index contributed by atoms with van der Waals surface area (Å²) in [5, 5.41) is 2.47. The van der Waals surface area contributed by atoms with E-state index in [2.05, 4.69) is 135 Å². The number of thiophene rings is 2. The highest BCUT2D eigenvalue weighted by atomic mass is 32.1. The van der Waals surface area contributed by atoms with Crippen LogP contribution in [0.15, 0.2) is 97.1 Å². The third kappa shape index (κ3) is 5.59. The molecule has 2 heterocycles. The lowest BCUT2D eigenvalue weighted by atomic mass is 10.1. The molecule has 0 saturated heterocycles. The lowest BCUT2D eigenvalue weighted by molar-refractivity contribution is 0.484. The molecule has 4 aromatic carbocycles. The molecule has 37 heavy (non-hydrogen) atoms. The first-order valence-corrected chi connectivity index (χ1v) is 14.0. The van der Waals surface area contributed by atoms with Crippen LogP contribution in [0.1, 0.15) is 32.0 Å². The molecule has 0 N–H and O–H groups in total. The topological polar surface area (TPSA) is 9.23 Å². The monoisotopic (exact) mass is 514 g/mol. The van der Waals surface area contributed by atoms with Crippen molar-refractivity contribution in [2.24, 2.45) is 0 Å². The fraction of sp³-hybridized carbons (Fsp3) is 0.0588. The Balaban J connectivity index is 1.18. The van der Waals surface area contributed by atoms with Crippen LogP contribution < -0.4 is 4.74 Å². The number of benzene rings is 4. The second-order valence-corrected chi connectivity index (χ2v) is 11.5. The van der Waals surface area contributed by atoms with Crippen LogP contribution >= 0.6 is 22.7 Å². The van der Waals surface area contributed by atoms with E-state index in [0.29, 0.717) is 0 Å². The molecule has 0 unspecified atom stereocenters. The Kier molecular flexibility index (Phi) is 6.48. The lowest BCUT2D eigenvalue weighted by Crippen LogP contribution is -1.82. The van der Waals surface area contributed by atoms with Crippen molar-refractivity contribution >= 4 is 67.1 Å². The van der Waals surface area contributed by atoms with Crippen molar-refractivity contribution in [2.75, 3.05) is 0 Å². The molecule has 0 spiro atoms. The summed E-state index contributed by atoms with van der Waals surface area (Å²) >= 11 is 3.56. The van der Waals surface area contributed by atoms with Gasteiger partial charge in [-0.2, -0.15) is 0 Å². The predicted octanol–water partition coefficient (Wildman–Crippen LogP) is 10.9. The fourth-order valence-electron chi connectivity index (χ4n) is 4.20. The number of ether oxygens (including phenoxy) is 1. The zero-order chi connectivity index (χ0) is 25.2. The molecule has 6 aromatic rings. The molecule has 3 heteroatoms. The van der Waals surface area contributed by atoms with E-state index in [1.54, 1.807) is 22.7 Å². The van der Waals surface area contributed by atoms with Gasteiger partial charge in [-0.1, -0.05) is 71.8 Å². The highest BCUT2D eigenvalue weighted by Crippen LogP contribution is 2.35. The Hall–Kier alpha value is -3.92. The minimum absolute atomic E-state index is 0.860. The van der Waals surface area contributed by atoms with Gasteiger partial charge in [-0.3, -0.25) is 0 Å². The van der Waals surface area contributed by atoms with Gasteiger partial charge in [0.25, 0.3) is 0 Å². The van der Waals surface area contributed by atoms with E-state index >= 15 is 0 Å². The van der Waals surface area contributed by atoms with Crippen LogP contribution in [0.5, 0.6) is 11.5 Å². The Morgan fingerprint density at radius 2 is 0.919 bits per heavy atom. The predicted molar refractivity (Wildman–Crippen MR) is 164 cm³/mol. The second-order valence-electron chi connectivity index (χ2n) is 9.29. The molecule has 0 amide bonds. The number of hydrogen-bond donors (Lipinski definition) is 0. The largest absolute Gasteiger partial charge is 0.457 e. The Morgan fingerprint density at radius 3 is 1.35 bits per heavy atom. The maximum atomic E-state index is 6.27. The molecule has 0 radical (unpaired) electrons. The van der Waals surface area contributed by atoms with Crippen LogP contribution in [-0.4, -0.2) is 0 Å². The van der Waals surface area contributed by atoms with E-state index in [1.807, 2.05) is 0 Å². The van der Waals surface area contributed by atoms with E-state index in [0.717, 1.165) is 11.5 Å². The molecular formula is C34H26OS2. The van der Waals surface area contributed by atoms with Crippen molar-refractivity contribution in [3.63, 3.8) is 0 Å². The standard InChI is InChI=1S/C34H26OS2/c1-23-3-7-25(8-4-23)11-17-31-19-27-13-15-29(21-33(27)36-31)35-30-16-14-28-20-32(37-34(28)22-30)18-12-26-9-5-24(2)6-10-26/h3-22H,1-2H3. The zero-order valence-corrected chi connectivity index (χ0v) is 22.4. The molecule has 0 aliphatic rings. The molecule has 0 fully saturated rings. The maximum absolute atomic E-state index is 6.27. The summed E-state index contributed by atoms with van der Waals surface area (Å²) in [5.41, 5.74) is 4.98. The van der Waals surface area contributed by atoms with Crippen molar-refractivity contribution in [1.82, 2.24) is 0 Å². The van der Waals surface area contributed by atoms with Gasteiger partial charge in [-0.05, 0) is 96.4 Å². The highest BCUT2D eigenvalue weighted by Gasteiger charge is 2.06. The summed E-state index contributed by atoms with van der Waals surface area (Å²) in [6, 6.07) is 34.3. The van der Waals surface area contributed by atoms with Crippen molar-refractivity contribution in [3.8, 4) is 11.5 Å². The van der Waals surface area contributed by atoms with Crippen LogP contribution in [-0.2, 0) is 0 Å². The summed E-state index contributed by atoms with van der Waals surface area (Å²) < 4.78 is 8.72. The summed E-state index contributed by atoms with van der Waals surface area (Å²) in [4.78, 5) is 2.47. The van der Waals surface area contributed by atoms with E-state index in [1.165, 1.54) is 52.2 Å². The third-order valence-corrected chi connectivity index (χ3v) is 8.42. The first-order chi connectivity index (χ1) is 18.1. The molecule has 0 bridgehead atoms. The summed E-state index contributed by atoms with van der Waals surface area (Å²) in [5.74, 6) is 1.72. The van der Waals surface area contributed by atoms with Gasteiger partial charge in [0.05, 0.1) is 0 Å². The molecule has 2 aromatic heterocycles. The van der Waals surface area contributed by atoms with Crippen molar-refractivity contribution in [3.05, 3.63) is 129 Å². The third-order valence-electron chi connectivity index (χ3n) is 6.29. The second kappa shape index (κ2) is 10.2. The normalized spacial score (nSPS) is 11.8. The van der Waals surface area contributed by atoms with Gasteiger partial charge in [0.2, 0.25) is 0 Å². The number of fused-ring (bicyclic) bond motifs is 2. The fourth-order valence-corrected chi connectivity index (χ4v) is 6.19. The van der Waals surface area contributed by atoms with Crippen LogP contribution in [0, 0.1) is 13.8 Å². The minimum Gasteiger partial charge on any atom is -0.457 e. The van der Waals surface area contributed by atoms with Gasteiger partial charge in [-0.15, -0.1) is 22.7 Å². The molecule has 1 nitrogen and oxygen atoms in total. The molecular weight excluding hydrogens is 489 g/mol. The van der Waals surface area contributed by atoms with E-state index in [-0.39, 0.29) is 0 Å². The Labute approximate surface area is 225 Å². The molecule has 0 atom stereocenters. The average molecular weight is 515 g/mol. The first kappa shape index (κ1) is 23.5. The molecule has 6 rings (SSSR count). The van der Waals surface area contributed by atoms with Crippen LogP contribution in [0.4, 0.5) is 0 Å².